The first-order valence-electron chi connectivity index (χ1n) is 8.95. The van der Waals surface area contributed by atoms with Crippen molar-refractivity contribution in [2.45, 2.75) is 18.8 Å². The van der Waals surface area contributed by atoms with E-state index in [1.54, 1.807) is 17.6 Å². The van der Waals surface area contributed by atoms with Crippen LogP contribution >= 0.6 is 0 Å². The van der Waals surface area contributed by atoms with Gasteiger partial charge in [-0.15, -0.1) is 0 Å². The van der Waals surface area contributed by atoms with Crippen molar-refractivity contribution in [2.24, 2.45) is 24.8 Å². The highest BCUT2D eigenvalue weighted by Gasteiger charge is 2.52. The maximum atomic E-state index is 13.0. The maximum absolute atomic E-state index is 13.0. The van der Waals surface area contributed by atoms with Gasteiger partial charge in [0.05, 0.1) is 6.33 Å². The number of fused-ring (bicyclic) bond motifs is 2. The van der Waals surface area contributed by atoms with E-state index >= 15 is 0 Å². The molecule has 2 saturated heterocycles. The predicted octanol–water partition coefficient (Wildman–Crippen LogP) is 1.30. The van der Waals surface area contributed by atoms with Crippen molar-refractivity contribution in [1.29, 1.82) is 0 Å². The highest BCUT2D eigenvalue weighted by Crippen LogP contribution is 2.44. The zero-order valence-electron chi connectivity index (χ0n) is 14.5. The van der Waals surface area contributed by atoms with Gasteiger partial charge in [-0.2, -0.15) is 0 Å². The van der Waals surface area contributed by atoms with Crippen LogP contribution in [0.5, 0.6) is 0 Å². The summed E-state index contributed by atoms with van der Waals surface area (Å²) in [5.41, 5.74) is 1.59. The zero-order valence-corrected chi connectivity index (χ0v) is 14.5. The third kappa shape index (κ3) is 2.36. The number of aryl methyl sites for hydroxylation is 1. The van der Waals surface area contributed by atoms with Crippen LogP contribution in [0.1, 0.15) is 12.8 Å². The lowest BCUT2D eigenvalue weighted by atomic mass is 9.80. The van der Waals surface area contributed by atoms with E-state index in [2.05, 4.69) is 19.9 Å². The van der Waals surface area contributed by atoms with Crippen LogP contribution in [0.2, 0.25) is 0 Å². The van der Waals surface area contributed by atoms with Crippen LogP contribution in [0.25, 0.3) is 11.2 Å². The number of hydrogen-bond donors (Lipinski definition) is 0. The molecule has 3 aliphatic rings. The third-order valence-corrected chi connectivity index (χ3v) is 6.01. The molecule has 0 spiro atoms. The maximum Gasteiger partial charge on any atom is 0.249 e. The summed E-state index contributed by atoms with van der Waals surface area (Å²) in [6, 6.07) is 0. The SMILES string of the molecule is Cn1cnc2c(N3CC4CN(C(=O)C5CC(F)(F)C5)CC4C3)ncnc21. The quantitative estimate of drug-likeness (QED) is 0.806. The average Bonchev–Trinajstić information content (AvgIpc) is 3.25. The second-order valence-electron chi connectivity index (χ2n) is 7.85. The topological polar surface area (TPSA) is 67.2 Å². The summed E-state index contributed by atoms with van der Waals surface area (Å²) in [4.78, 5) is 29.5. The standard InChI is InChI=1S/C17H20F2N6O/c1-23-9-22-13-14(23)20-8-21-15(13)24-4-11-6-25(7-12(11)5-24)16(26)10-2-17(18,19)3-10/h8-12H,2-7H2,1H3. The molecular formula is C17H20F2N6O. The minimum atomic E-state index is -2.65. The Morgan fingerprint density at radius 3 is 2.46 bits per heavy atom. The van der Waals surface area contributed by atoms with Gasteiger partial charge in [-0.3, -0.25) is 4.79 Å². The largest absolute Gasteiger partial charge is 0.354 e. The molecule has 1 saturated carbocycles. The molecule has 0 radical (unpaired) electrons. The number of hydrogen-bond acceptors (Lipinski definition) is 5. The number of halogens is 2. The number of likely N-dealkylation sites (tertiary alicyclic amines) is 1. The van der Waals surface area contributed by atoms with Gasteiger partial charge in [0.25, 0.3) is 0 Å². The number of alkyl halides is 2. The lowest BCUT2D eigenvalue weighted by Gasteiger charge is -2.36. The van der Waals surface area contributed by atoms with Gasteiger partial charge in [0, 0.05) is 63.8 Å². The van der Waals surface area contributed by atoms with E-state index in [9.17, 15) is 13.6 Å². The number of rotatable bonds is 2. The van der Waals surface area contributed by atoms with Gasteiger partial charge in [0.2, 0.25) is 11.8 Å². The van der Waals surface area contributed by atoms with Gasteiger partial charge in [0.15, 0.2) is 17.0 Å². The Hall–Kier alpha value is -2.32. The molecular weight excluding hydrogens is 342 g/mol. The molecule has 9 heteroatoms. The molecule has 0 aromatic carbocycles. The van der Waals surface area contributed by atoms with E-state index in [1.807, 2.05) is 11.6 Å². The third-order valence-electron chi connectivity index (χ3n) is 6.01. The second-order valence-corrected chi connectivity index (χ2v) is 7.85. The van der Waals surface area contributed by atoms with Crippen LogP contribution in [0.4, 0.5) is 14.6 Å². The van der Waals surface area contributed by atoms with Gasteiger partial charge < -0.3 is 14.4 Å². The molecule has 1 amide bonds. The molecule has 2 aromatic rings. The monoisotopic (exact) mass is 362 g/mol. The molecule has 2 atom stereocenters. The normalized spacial score (nSPS) is 27.8. The smallest absolute Gasteiger partial charge is 0.249 e. The Morgan fingerprint density at radius 1 is 1.12 bits per heavy atom. The molecule has 4 heterocycles. The van der Waals surface area contributed by atoms with Crippen LogP contribution in [0.3, 0.4) is 0 Å². The molecule has 0 bridgehead atoms. The fourth-order valence-electron chi connectivity index (χ4n) is 4.60. The summed E-state index contributed by atoms with van der Waals surface area (Å²) >= 11 is 0. The molecule has 5 rings (SSSR count). The van der Waals surface area contributed by atoms with E-state index in [4.69, 9.17) is 0 Å². The number of carbonyl (C=O) groups is 1. The minimum absolute atomic E-state index is 0.0916. The van der Waals surface area contributed by atoms with Crippen LogP contribution in [0.15, 0.2) is 12.7 Å². The first kappa shape index (κ1) is 15.9. The van der Waals surface area contributed by atoms with Gasteiger partial charge in [-0.1, -0.05) is 0 Å². The van der Waals surface area contributed by atoms with Crippen LogP contribution < -0.4 is 4.90 Å². The second kappa shape index (κ2) is 5.34. The average molecular weight is 362 g/mol. The van der Waals surface area contributed by atoms with Crippen molar-refractivity contribution in [3.8, 4) is 0 Å². The van der Waals surface area contributed by atoms with Gasteiger partial charge >= 0.3 is 0 Å². The predicted molar refractivity (Wildman–Crippen MR) is 89.7 cm³/mol. The highest BCUT2D eigenvalue weighted by molar-refractivity contribution is 5.83. The van der Waals surface area contributed by atoms with Gasteiger partial charge in [-0.25, -0.2) is 23.7 Å². The highest BCUT2D eigenvalue weighted by atomic mass is 19.3. The Balaban J connectivity index is 1.28. The first-order valence-corrected chi connectivity index (χ1v) is 8.95. The summed E-state index contributed by atoms with van der Waals surface area (Å²) in [7, 11) is 1.90. The summed E-state index contributed by atoms with van der Waals surface area (Å²) in [5.74, 6) is -1.68. The zero-order chi connectivity index (χ0) is 18.1. The Morgan fingerprint density at radius 2 is 1.81 bits per heavy atom. The Labute approximate surface area is 149 Å². The van der Waals surface area contributed by atoms with Crippen molar-refractivity contribution in [2.75, 3.05) is 31.1 Å². The van der Waals surface area contributed by atoms with Crippen molar-refractivity contribution < 1.29 is 13.6 Å². The first-order chi connectivity index (χ1) is 12.4. The summed E-state index contributed by atoms with van der Waals surface area (Å²) in [6.07, 6.45) is 2.71. The van der Waals surface area contributed by atoms with E-state index in [1.165, 1.54) is 0 Å². The van der Waals surface area contributed by atoms with Crippen molar-refractivity contribution in [1.82, 2.24) is 24.4 Å². The minimum Gasteiger partial charge on any atom is -0.354 e. The van der Waals surface area contributed by atoms with E-state index in [0.717, 1.165) is 30.1 Å². The molecule has 26 heavy (non-hydrogen) atoms. The Bertz CT molecular complexity index is 861. The van der Waals surface area contributed by atoms with E-state index in [-0.39, 0.29) is 18.7 Å². The van der Waals surface area contributed by atoms with Crippen LogP contribution in [0, 0.1) is 17.8 Å². The number of aromatic nitrogens is 4. The van der Waals surface area contributed by atoms with Crippen molar-refractivity contribution in [3.63, 3.8) is 0 Å². The fraction of sp³-hybridized carbons (Fsp3) is 0.647. The molecule has 7 nitrogen and oxygen atoms in total. The number of amides is 1. The lowest BCUT2D eigenvalue weighted by Crippen LogP contribution is -2.46. The summed E-state index contributed by atoms with van der Waals surface area (Å²) in [6.45, 7) is 2.91. The van der Waals surface area contributed by atoms with E-state index in [0.29, 0.717) is 24.9 Å². The molecule has 0 N–H and O–H groups in total. The Kier molecular flexibility index (Phi) is 3.27. The molecule has 2 aliphatic heterocycles. The number of imidazole rings is 1. The summed E-state index contributed by atoms with van der Waals surface area (Å²) in [5, 5.41) is 0. The lowest BCUT2D eigenvalue weighted by molar-refractivity contribution is -0.159. The summed E-state index contributed by atoms with van der Waals surface area (Å²) < 4.78 is 27.9. The fourth-order valence-corrected chi connectivity index (χ4v) is 4.60. The molecule has 1 aliphatic carbocycles. The van der Waals surface area contributed by atoms with Crippen LogP contribution in [-0.2, 0) is 11.8 Å². The van der Waals surface area contributed by atoms with Crippen molar-refractivity contribution >= 4 is 22.9 Å². The van der Waals surface area contributed by atoms with Crippen molar-refractivity contribution in [3.05, 3.63) is 12.7 Å². The molecule has 3 fully saturated rings. The number of anilines is 1. The molecule has 2 unspecified atom stereocenters. The molecule has 138 valence electrons. The number of carbonyl (C=O) groups excluding carboxylic acids is 1. The molecule has 2 aromatic heterocycles. The van der Waals surface area contributed by atoms with Crippen LogP contribution in [-0.4, -0.2) is 62.4 Å². The van der Waals surface area contributed by atoms with Gasteiger partial charge in [-0.05, 0) is 0 Å². The number of nitrogens with zero attached hydrogens (tertiary/aromatic N) is 6. The van der Waals surface area contributed by atoms with E-state index < -0.39 is 11.8 Å². The van der Waals surface area contributed by atoms with Gasteiger partial charge in [0.1, 0.15) is 6.33 Å².